The highest BCUT2D eigenvalue weighted by molar-refractivity contribution is 6.42. The highest BCUT2D eigenvalue weighted by Crippen LogP contribution is 2.33. The van der Waals surface area contributed by atoms with Crippen molar-refractivity contribution in [3.05, 3.63) is 33.8 Å². The highest BCUT2D eigenvalue weighted by Gasteiger charge is 2.24. The lowest BCUT2D eigenvalue weighted by Crippen LogP contribution is -2.30. The van der Waals surface area contributed by atoms with E-state index in [9.17, 15) is 0 Å². The molecule has 0 spiro atoms. The fraction of sp³-hybridized carbons (Fsp3) is 0.600. The summed E-state index contributed by atoms with van der Waals surface area (Å²) in [5, 5.41) is 4.65. The Kier molecular flexibility index (Phi) is 5.35. The second kappa shape index (κ2) is 6.79. The topological polar surface area (TPSA) is 12.0 Å². The molecule has 0 amide bonds. The van der Waals surface area contributed by atoms with Gasteiger partial charge in [-0.2, -0.15) is 0 Å². The van der Waals surface area contributed by atoms with Gasteiger partial charge in [-0.3, -0.25) is 0 Å². The maximum Gasteiger partial charge on any atom is 0.0595 e. The number of halogens is 2. The van der Waals surface area contributed by atoms with Crippen LogP contribution in [0.2, 0.25) is 10.0 Å². The van der Waals surface area contributed by atoms with Crippen molar-refractivity contribution >= 4 is 23.2 Å². The Hall–Kier alpha value is -0.240. The van der Waals surface area contributed by atoms with Crippen LogP contribution in [0.15, 0.2) is 18.2 Å². The third-order valence-electron chi connectivity index (χ3n) is 4.01. The Balaban J connectivity index is 2.03. The molecule has 1 fully saturated rings. The molecule has 1 saturated carbocycles. The summed E-state index contributed by atoms with van der Waals surface area (Å²) in [6.45, 7) is 1.13. The van der Waals surface area contributed by atoms with Gasteiger partial charge in [0.05, 0.1) is 10.0 Å². The average molecular weight is 286 g/mol. The van der Waals surface area contributed by atoms with Gasteiger partial charge in [0.1, 0.15) is 0 Å². The molecule has 2 atom stereocenters. The first-order valence-electron chi connectivity index (χ1n) is 6.79. The minimum atomic E-state index is 0.649. The molecule has 100 valence electrons. The van der Waals surface area contributed by atoms with E-state index in [0.717, 1.165) is 24.8 Å². The second-order valence-corrected chi connectivity index (χ2v) is 6.13. The van der Waals surface area contributed by atoms with Crippen LogP contribution in [-0.2, 0) is 6.42 Å². The van der Waals surface area contributed by atoms with E-state index in [4.69, 9.17) is 23.2 Å². The first kappa shape index (κ1) is 14.2. The minimum Gasteiger partial charge on any atom is -0.319 e. The van der Waals surface area contributed by atoms with Gasteiger partial charge < -0.3 is 5.32 Å². The van der Waals surface area contributed by atoms with Gasteiger partial charge >= 0.3 is 0 Å². The zero-order valence-corrected chi connectivity index (χ0v) is 12.4. The van der Waals surface area contributed by atoms with Crippen LogP contribution in [0.5, 0.6) is 0 Å². The van der Waals surface area contributed by atoms with E-state index < -0.39 is 0 Å². The molecule has 0 bridgehead atoms. The molecule has 1 nitrogen and oxygen atoms in total. The van der Waals surface area contributed by atoms with E-state index >= 15 is 0 Å². The van der Waals surface area contributed by atoms with Crippen molar-refractivity contribution in [2.75, 3.05) is 13.6 Å². The Bertz CT molecular complexity index is 390. The predicted molar refractivity (Wildman–Crippen MR) is 79.5 cm³/mol. The van der Waals surface area contributed by atoms with Gasteiger partial charge in [-0.25, -0.2) is 0 Å². The second-order valence-electron chi connectivity index (χ2n) is 5.31. The van der Waals surface area contributed by atoms with Crippen molar-refractivity contribution in [1.82, 2.24) is 5.32 Å². The predicted octanol–water partition coefficient (Wildman–Crippen LogP) is 4.56. The summed E-state index contributed by atoms with van der Waals surface area (Å²) >= 11 is 12.0. The number of rotatable bonds is 4. The van der Waals surface area contributed by atoms with Crippen molar-refractivity contribution in [2.45, 2.75) is 32.1 Å². The minimum absolute atomic E-state index is 0.649. The maximum atomic E-state index is 6.08. The molecule has 1 aliphatic rings. The van der Waals surface area contributed by atoms with Crippen LogP contribution < -0.4 is 5.32 Å². The molecule has 0 heterocycles. The summed E-state index contributed by atoms with van der Waals surface area (Å²) < 4.78 is 0. The monoisotopic (exact) mass is 285 g/mol. The van der Waals surface area contributed by atoms with Crippen molar-refractivity contribution in [2.24, 2.45) is 11.8 Å². The smallest absolute Gasteiger partial charge is 0.0595 e. The summed E-state index contributed by atoms with van der Waals surface area (Å²) in [4.78, 5) is 0. The van der Waals surface area contributed by atoms with Crippen molar-refractivity contribution in [1.29, 1.82) is 0 Å². The lowest BCUT2D eigenvalue weighted by Gasteiger charge is -2.31. The molecule has 0 aliphatic heterocycles. The molecular formula is C15H21Cl2N. The Morgan fingerprint density at radius 2 is 1.83 bits per heavy atom. The molecular weight excluding hydrogens is 265 g/mol. The molecule has 1 aromatic rings. The van der Waals surface area contributed by atoms with Crippen LogP contribution >= 0.6 is 23.2 Å². The Labute approximate surface area is 120 Å². The number of nitrogens with one attached hydrogen (secondary N) is 1. The highest BCUT2D eigenvalue weighted by atomic mass is 35.5. The maximum absolute atomic E-state index is 6.08. The third-order valence-corrected chi connectivity index (χ3v) is 4.75. The van der Waals surface area contributed by atoms with E-state index in [1.165, 1.54) is 31.2 Å². The molecule has 3 heteroatoms. The van der Waals surface area contributed by atoms with Gasteiger partial charge in [0.2, 0.25) is 0 Å². The SMILES string of the molecule is CNCC1CCCCC1Cc1ccc(Cl)c(Cl)c1. The number of hydrogen-bond acceptors (Lipinski definition) is 1. The van der Waals surface area contributed by atoms with Gasteiger partial charge in [0.25, 0.3) is 0 Å². The van der Waals surface area contributed by atoms with Crippen LogP contribution in [0, 0.1) is 11.8 Å². The molecule has 18 heavy (non-hydrogen) atoms. The zero-order chi connectivity index (χ0) is 13.0. The molecule has 1 N–H and O–H groups in total. The van der Waals surface area contributed by atoms with Crippen LogP contribution in [0.3, 0.4) is 0 Å². The van der Waals surface area contributed by atoms with Gasteiger partial charge in [0.15, 0.2) is 0 Å². The van der Waals surface area contributed by atoms with E-state index in [1.807, 2.05) is 19.2 Å². The fourth-order valence-electron chi connectivity index (χ4n) is 3.05. The van der Waals surface area contributed by atoms with Crippen LogP contribution in [0.4, 0.5) is 0 Å². The van der Waals surface area contributed by atoms with Gasteiger partial charge in [0, 0.05) is 0 Å². The summed E-state index contributed by atoms with van der Waals surface area (Å²) in [6, 6.07) is 6.04. The largest absolute Gasteiger partial charge is 0.319 e. The number of benzene rings is 1. The third kappa shape index (κ3) is 3.63. The van der Waals surface area contributed by atoms with Crippen molar-refractivity contribution < 1.29 is 0 Å². The van der Waals surface area contributed by atoms with Crippen molar-refractivity contribution in [3.8, 4) is 0 Å². The van der Waals surface area contributed by atoms with Crippen LogP contribution in [0.25, 0.3) is 0 Å². The molecule has 0 aromatic heterocycles. The first-order valence-corrected chi connectivity index (χ1v) is 7.55. The van der Waals surface area contributed by atoms with Crippen LogP contribution in [0.1, 0.15) is 31.2 Å². The van der Waals surface area contributed by atoms with E-state index in [2.05, 4.69) is 11.4 Å². The lowest BCUT2D eigenvalue weighted by molar-refractivity contribution is 0.232. The normalized spacial score (nSPS) is 24.2. The van der Waals surface area contributed by atoms with E-state index in [-0.39, 0.29) is 0 Å². The van der Waals surface area contributed by atoms with Gasteiger partial charge in [-0.15, -0.1) is 0 Å². The van der Waals surface area contributed by atoms with Crippen molar-refractivity contribution in [3.63, 3.8) is 0 Å². The Morgan fingerprint density at radius 3 is 2.50 bits per heavy atom. The molecule has 1 aromatic carbocycles. The standard InChI is InChI=1S/C15H21Cl2N/c1-18-10-13-5-3-2-4-12(13)8-11-6-7-14(16)15(17)9-11/h6-7,9,12-13,18H,2-5,8,10H2,1H3. The fourth-order valence-corrected chi connectivity index (χ4v) is 3.37. The molecule has 0 radical (unpaired) electrons. The number of hydrogen-bond donors (Lipinski definition) is 1. The summed E-state index contributed by atoms with van der Waals surface area (Å²) in [5.74, 6) is 1.58. The first-order chi connectivity index (χ1) is 8.70. The summed E-state index contributed by atoms with van der Waals surface area (Å²) in [7, 11) is 2.05. The summed E-state index contributed by atoms with van der Waals surface area (Å²) in [6.07, 6.45) is 6.57. The zero-order valence-electron chi connectivity index (χ0n) is 10.9. The van der Waals surface area contributed by atoms with Gasteiger partial charge in [-0.05, 0) is 62.4 Å². The average Bonchev–Trinajstić information content (AvgIpc) is 2.37. The van der Waals surface area contributed by atoms with Gasteiger partial charge in [-0.1, -0.05) is 42.1 Å². The summed E-state index contributed by atoms with van der Waals surface area (Å²) in [5.41, 5.74) is 1.32. The van der Waals surface area contributed by atoms with E-state index in [0.29, 0.717) is 10.0 Å². The Morgan fingerprint density at radius 1 is 1.11 bits per heavy atom. The van der Waals surface area contributed by atoms with Crippen LogP contribution in [-0.4, -0.2) is 13.6 Å². The molecule has 2 rings (SSSR count). The molecule has 2 unspecified atom stereocenters. The molecule has 0 saturated heterocycles. The lowest BCUT2D eigenvalue weighted by atomic mass is 9.76. The van der Waals surface area contributed by atoms with E-state index in [1.54, 1.807) is 0 Å². The molecule has 1 aliphatic carbocycles. The quantitative estimate of drug-likeness (QED) is 0.855.